The van der Waals surface area contributed by atoms with Crippen molar-refractivity contribution in [2.75, 3.05) is 6.54 Å². The molecule has 184 valence electrons. The average Bonchev–Trinajstić information content (AvgIpc) is 3.21. The van der Waals surface area contributed by atoms with E-state index in [1.807, 2.05) is 60.0 Å². The Morgan fingerprint density at radius 1 is 1.14 bits per heavy atom. The molecule has 6 nitrogen and oxygen atoms in total. The van der Waals surface area contributed by atoms with Gasteiger partial charge in [-0.25, -0.2) is 4.98 Å². The normalized spacial score (nSPS) is 26.6. The van der Waals surface area contributed by atoms with Crippen LogP contribution < -0.4 is 5.32 Å². The van der Waals surface area contributed by atoms with E-state index in [0.29, 0.717) is 42.2 Å². The summed E-state index contributed by atoms with van der Waals surface area (Å²) < 4.78 is 1.92. The van der Waals surface area contributed by atoms with Gasteiger partial charge in [-0.15, -0.1) is 0 Å². The van der Waals surface area contributed by atoms with Gasteiger partial charge in [0.1, 0.15) is 5.54 Å². The molecule has 0 spiro atoms. The molecule has 2 aromatic carbocycles. The molecule has 35 heavy (non-hydrogen) atoms. The number of rotatable bonds is 5. The number of carbonyl (C=O) groups excluding carboxylic acids is 2. The van der Waals surface area contributed by atoms with E-state index in [1.165, 1.54) is 6.42 Å². The van der Waals surface area contributed by atoms with E-state index in [4.69, 9.17) is 11.6 Å². The van der Waals surface area contributed by atoms with Crippen LogP contribution in [0.3, 0.4) is 0 Å². The minimum atomic E-state index is -1.03. The Morgan fingerprint density at radius 3 is 2.66 bits per heavy atom. The Balaban J connectivity index is 1.48. The first kappa shape index (κ1) is 23.9. The number of carbonyl (C=O) groups is 2. The van der Waals surface area contributed by atoms with E-state index < -0.39 is 5.54 Å². The van der Waals surface area contributed by atoms with Crippen LogP contribution in [0, 0.1) is 11.8 Å². The van der Waals surface area contributed by atoms with E-state index in [2.05, 4.69) is 24.1 Å². The molecule has 5 rings (SSSR count). The molecule has 1 fully saturated rings. The highest BCUT2D eigenvalue weighted by atomic mass is 35.5. The van der Waals surface area contributed by atoms with Gasteiger partial charge in [-0.1, -0.05) is 62.6 Å². The fourth-order valence-electron chi connectivity index (χ4n) is 5.68. The van der Waals surface area contributed by atoms with E-state index in [-0.39, 0.29) is 17.9 Å². The van der Waals surface area contributed by atoms with Gasteiger partial charge >= 0.3 is 0 Å². The molecule has 3 aromatic rings. The third kappa shape index (κ3) is 4.33. The van der Waals surface area contributed by atoms with Gasteiger partial charge < -0.3 is 14.8 Å². The zero-order chi connectivity index (χ0) is 24.7. The maximum absolute atomic E-state index is 14.0. The zero-order valence-electron chi connectivity index (χ0n) is 20.6. The maximum atomic E-state index is 14.0. The fourth-order valence-corrected chi connectivity index (χ4v) is 5.81. The fraction of sp³-hybridized carbons (Fsp3) is 0.464. The van der Waals surface area contributed by atoms with Gasteiger partial charge in [-0.3, -0.25) is 9.59 Å². The molecule has 0 saturated heterocycles. The number of imidazole rings is 1. The predicted molar refractivity (Wildman–Crippen MR) is 138 cm³/mol. The quantitative estimate of drug-likeness (QED) is 0.539. The molecule has 7 heteroatoms. The van der Waals surface area contributed by atoms with Gasteiger partial charge in [0.15, 0.2) is 5.82 Å². The van der Waals surface area contributed by atoms with Crippen LogP contribution in [0.2, 0.25) is 5.02 Å². The van der Waals surface area contributed by atoms with Crippen LogP contribution in [0.1, 0.15) is 56.2 Å². The maximum Gasteiger partial charge on any atom is 0.290 e. The largest absolute Gasteiger partial charge is 0.351 e. The highest BCUT2D eigenvalue weighted by Crippen LogP contribution is 2.33. The van der Waals surface area contributed by atoms with Crippen LogP contribution >= 0.6 is 11.6 Å². The zero-order valence-corrected chi connectivity index (χ0v) is 21.4. The number of amides is 2. The van der Waals surface area contributed by atoms with Crippen molar-refractivity contribution in [3.8, 4) is 0 Å². The van der Waals surface area contributed by atoms with Crippen molar-refractivity contribution >= 4 is 34.4 Å². The van der Waals surface area contributed by atoms with Gasteiger partial charge in [-0.2, -0.15) is 0 Å². The number of fused-ring (bicyclic) bond motifs is 3. The summed E-state index contributed by atoms with van der Waals surface area (Å²) in [5, 5.41) is 4.03. The summed E-state index contributed by atoms with van der Waals surface area (Å²) >= 11 is 6.05. The average molecular weight is 493 g/mol. The Morgan fingerprint density at radius 2 is 1.89 bits per heavy atom. The molecule has 1 aliphatic carbocycles. The van der Waals surface area contributed by atoms with Crippen LogP contribution in [0.25, 0.3) is 11.0 Å². The highest BCUT2D eigenvalue weighted by molar-refractivity contribution is 6.30. The lowest BCUT2D eigenvalue weighted by molar-refractivity contribution is -0.134. The van der Waals surface area contributed by atoms with Crippen molar-refractivity contribution in [3.63, 3.8) is 0 Å². The first-order chi connectivity index (χ1) is 16.8. The Labute approximate surface area is 211 Å². The molecular formula is C28H33ClN4O2. The summed E-state index contributed by atoms with van der Waals surface area (Å²) in [6.45, 7) is 7.18. The summed E-state index contributed by atoms with van der Waals surface area (Å²) in [6, 6.07) is 15.5. The van der Waals surface area contributed by atoms with Crippen molar-refractivity contribution in [2.45, 2.75) is 64.6 Å². The van der Waals surface area contributed by atoms with Gasteiger partial charge in [0, 0.05) is 17.6 Å². The molecule has 2 amide bonds. The molecule has 0 bridgehead atoms. The van der Waals surface area contributed by atoms with Gasteiger partial charge in [0.05, 0.1) is 17.6 Å². The molecular weight excluding hydrogens is 460 g/mol. The molecule has 0 radical (unpaired) electrons. The van der Waals surface area contributed by atoms with Crippen molar-refractivity contribution < 1.29 is 9.59 Å². The number of halogens is 1. The third-order valence-electron chi connectivity index (χ3n) is 8.20. The van der Waals surface area contributed by atoms with Crippen LogP contribution in [0.15, 0.2) is 48.5 Å². The molecule has 2 aliphatic rings. The number of nitrogens with one attached hydrogen (secondary N) is 1. The van der Waals surface area contributed by atoms with E-state index in [9.17, 15) is 9.59 Å². The minimum Gasteiger partial charge on any atom is -0.351 e. The van der Waals surface area contributed by atoms with Crippen molar-refractivity contribution in [2.24, 2.45) is 11.8 Å². The van der Waals surface area contributed by atoms with Gasteiger partial charge in [0.25, 0.3) is 5.91 Å². The van der Waals surface area contributed by atoms with E-state index >= 15 is 0 Å². The second-order valence-corrected chi connectivity index (χ2v) is 10.9. The molecule has 1 saturated carbocycles. The lowest BCUT2D eigenvalue weighted by Crippen LogP contribution is -2.66. The number of hydrogen-bond donors (Lipinski definition) is 1. The third-order valence-corrected chi connectivity index (χ3v) is 8.45. The molecule has 4 atom stereocenters. The SMILES string of the molecule is C[C@H]1[C@H](C)CCC[C@@H]1NC(=O)[C@]1(C)Cn2c(nc3ccccc32)C(=O)N1CCc1ccc(Cl)cc1. The molecule has 1 N–H and O–H groups in total. The van der Waals surface area contributed by atoms with Gasteiger partial charge in [0.2, 0.25) is 5.91 Å². The van der Waals surface area contributed by atoms with Crippen LogP contribution in [-0.4, -0.2) is 44.4 Å². The second kappa shape index (κ2) is 9.30. The number of nitrogens with zero attached hydrogens (tertiary/aromatic N) is 3. The van der Waals surface area contributed by atoms with Crippen molar-refractivity contribution in [1.82, 2.24) is 19.8 Å². The Kier molecular flexibility index (Phi) is 6.34. The van der Waals surface area contributed by atoms with Crippen LogP contribution in [-0.2, 0) is 17.8 Å². The lowest BCUT2D eigenvalue weighted by Gasteiger charge is -2.45. The molecule has 2 heterocycles. The van der Waals surface area contributed by atoms with Crippen molar-refractivity contribution in [1.29, 1.82) is 0 Å². The minimum absolute atomic E-state index is 0.0867. The molecule has 1 aliphatic heterocycles. The van der Waals surface area contributed by atoms with Crippen LogP contribution in [0.5, 0.6) is 0 Å². The van der Waals surface area contributed by atoms with E-state index in [1.54, 1.807) is 4.90 Å². The summed E-state index contributed by atoms with van der Waals surface area (Å²) in [4.78, 5) is 34.2. The molecule has 0 unspecified atom stereocenters. The van der Waals surface area contributed by atoms with Gasteiger partial charge in [-0.05, 0) is 61.4 Å². The molecule has 1 aromatic heterocycles. The predicted octanol–water partition coefficient (Wildman–Crippen LogP) is 5.09. The standard InChI is InChI=1S/C28H33ClN4O2/c1-18-7-6-9-22(19(18)2)31-27(35)28(3)17-32-24-10-5-4-8-23(24)30-25(32)26(34)33(28)16-15-20-11-13-21(29)14-12-20/h4-5,8,10-14,18-19,22H,6-7,9,15-17H2,1-3H3,(H,31,35)/t18-,19+,22+,28+/m1/s1. The number of para-hydroxylation sites is 2. The first-order valence-electron chi connectivity index (χ1n) is 12.6. The topological polar surface area (TPSA) is 67.2 Å². The number of benzene rings is 2. The highest BCUT2D eigenvalue weighted by Gasteiger charge is 2.49. The summed E-state index contributed by atoms with van der Waals surface area (Å²) in [5.41, 5.74) is 1.69. The second-order valence-electron chi connectivity index (χ2n) is 10.5. The summed E-state index contributed by atoms with van der Waals surface area (Å²) in [5.74, 6) is 1.08. The monoisotopic (exact) mass is 492 g/mol. The first-order valence-corrected chi connectivity index (χ1v) is 13.0. The number of aromatic nitrogens is 2. The lowest BCUT2D eigenvalue weighted by atomic mass is 9.77. The summed E-state index contributed by atoms with van der Waals surface area (Å²) in [7, 11) is 0. The van der Waals surface area contributed by atoms with Crippen LogP contribution in [0.4, 0.5) is 0 Å². The number of hydrogen-bond acceptors (Lipinski definition) is 3. The van der Waals surface area contributed by atoms with Crippen molar-refractivity contribution in [3.05, 3.63) is 64.9 Å². The van der Waals surface area contributed by atoms with E-state index in [0.717, 1.165) is 29.4 Å². The Hall–Kier alpha value is -2.86. The summed E-state index contributed by atoms with van der Waals surface area (Å²) in [6.07, 6.45) is 3.91. The smallest absolute Gasteiger partial charge is 0.290 e. The Bertz CT molecular complexity index is 1250.